The molecule has 3 heteroatoms. The van der Waals surface area contributed by atoms with E-state index in [0.29, 0.717) is 6.54 Å². The average molecular weight is 255 g/mol. The summed E-state index contributed by atoms with van der Waals surface area (Å²) in [7, 11) is 0. The fourth-order valence-electron chi connectivity index (χ4n) is 2.02. The molecule has 0 heterocycles. The number of hydrogen-bond acceptors (Lipinski definition) is 2. The number of hydrogen-bond donors (Lipinski definition) is 2. The van der Waals surface area contributed by atoms with Crippen molar-refractivity contribution in [1.82, 2.24) is 0 Å². The fraction of sp³-hybridized carbons (Fsp3) is 0.188. The summed E-state index contributed by atoms with van der Waals surface area (Å²) >= 11 is 0. The lowest BCUT2D eigenvalue weighted by molar-refractivity contribution is -0.136. The minimum atomic E-state index is -0.803. The molecule has 2 N–H and O–H groups in total. The minimum Gasteiger partial charge on any atom is -0.481 e. The second-order valence-electron chi connectivity index (χ2n) is 4.56. The van der Waals surface area contributed by atoms with Gasteiger partial charge >= 0.3 is 5.97 Å². The van der Waals surface area contributed by atoms with E-state index in [1.807, 2.05) is 49.4 Å². The van der Waals surface area contributed by atoms with Gasteiger partial charge in [-0.3, -0.25) is 4.79 Å². The van der Waals surface area contributed by atoms with Gasteiger partial charge in [0.15, 0.2) is 0 Å². The summed E-state index contributed by atoms with van der Waals surface area (Å²) in [6, 6.07) is 15.7. The highest BCUT2D eigenvalue weighted by Crippen LogP contribution is 2.14. The minimum absolute atomic E-state index is 0.0612. The SMILES string of the molecule is Cc1cccc(NCc2ccccc2CC(=O)O)c1. The van der Waals surface area contributed by atoms with Crippen molar-refractivity contribution in [3.63, 3.8) is 0 Å². The normalized spacial score (nSPS) is 10.2. The van der Waals surface area contributed by atoms with E-state index in [4.69, 9.17) is 5.11 Å². The predicted octanol–water partition coefficient (Wildman–Crippen LogP) is 3.23. The number of benzene rings is 2. The summed E-state index contributed by atoms with van der Waals surface area (Å²) in [5, 5.41) is 12.2. The molecule has 0 aromatic heterocycles. The molecule has 2 rings (SSSR count). The van der Waals surface area contributed by atoms with E-state index in [1.54, 1.807) is 0 Å². The van der Waals surface area contributed by atoms with Gasteiger partial charge in [-0.1, -0.05) is 36.4 Å². The number of carboxylic acid groups (broad SMARTS) is 1. The third-order valence-electron chi connectivity index (χ3n) is 2.96. The van der Waals surface area contributed by atoms with Gasteiger partial charge in [0.25, 0.3) is 0 Å². The number of carbonyl (C=O) groups is 1. The van der Waals surface area contributed by atoms with Crippen LogP contribution >= 0.6 is 0 Å². The van der Waals surface area contributed by atoms with Gasteiger partial charge in [0.05, 0.1) is 6.42 Å². The number of carboxylic acids is 1. The highest BCUT2D eigenvalue weighted by Gasteiger charge is 2.05. The molecule has 2 aromatic carbocycles. The zero-order chi connectivity index (χ0) is 13.7. The van der Waals surface area contributed by atoms with E-state index in [9.17, 15) is 4.79 Å². The fourth-order valence-corrected chi connectivity index (χ4v) is 2.02. The predicted molar refractivity (Wildman–Crippen MR) is 76.3 cm³/mol. The molecule has 0 spiro atoms. The van der Waals surface area contributed by atoms with Crippen molar-refractivity contribution >= 4 is 11.7 Å². The van der Waals surface area contributed by atoms with Crippen LogP contribution in [0.15, 0.2) is 48.5 Å². The molecule has 19 heavy (non-hydrogen) atoms. The maximum absolute atomic E-state index is 10.8. The Kier molecular flexibility index (Phi) is 4.18. The molecular weight excluding hydrogens is 238 g/mol. The second kappa shape index (κ2) is 6.05. The van der Waals surface area contributed by atoms with Crippen LogP contribution in [0, 0.1) is 6.92 Å². The van der Waals surface area contributed by atoms with Crippen LogP contribution in [0.2, 0.25) is 0 Å². The first-order valence-corrected chi connectivity index (χ1v) is 6.24. The zero-order valence-electron chi connectivity index (χ0n) is 10.9. The lowest BCUT2D eigenvalue weighted by Gasteiger charge is -2.10. The lowest BCUT2D eigenvalue weighted by atomic mass is 10.0. The Morgan fingerprint density at radius 3 is 2.53 bits per heavy atom. The smallest absolute Gasteiger partial charge is 0.307 e. The highest BCUT2D eigenvalue weighted by molar-refractivity contribution is 5.70. The number of aliphatic carboxylic acids is 1. The Balaban J connectivity index is 2.09. The zero-order valence-corrected chi connectivity index (χ0v) is 10.9. The molecule has 0 unspecified atom stereocenters. The summed E-state index contributed by atoms with van der Waals surface area (Å²) in [6.07, 6.45) is 0.0612. The summed E-state index contributed by atoms with van der Waals surface area (Å²) in [4.78, 5) is 10.8. The third kappa shape index (κ3) is 3.85. The number of aryl methyl sites for hydroxylation is 1. The molecular formula is C16H17NO2. The van der Waals surface area contributed by atoms with E-state index in [-0.39, 0.29) is 6.42 Å². The monoisotopic (exact) mass is 255 g/mol. The van der Waals surface area contributed by atoms with Crippen LogP contribution in [-0.2, 0) is 17.8 Å². The first-order chi connectivity index (χ1) is 9.15. The van der Waals surface area contributed by atoms with E-state index >= 15 is 0 Å². The second-order valence-corrected chi connectivity index (χ2v) is 4.56. The standard InChI is InChI=1S/C16H17NO2/c1-12-5-4-8-15(9-12)17-11-14-7-3-2-6-13(14)10-16(18)19/h2-9,17H,10-11H2,1H3,(H,18,19). The first kappa shape index (κ1) is 13.1. The topological polar surface area (TPSA) is 49.3 Å². The quantitative estimate of drug-likeness (QED) is 0.862. The molecule has 0 aliphatic heterocycles. The van der Waals surface area contributed by atoms with Crippen molar-refractivity contribution in [2.75, 3.05) is 5.32 Å². The molecule has 0 bridgehead atoms. The highest BCUT2D eigenvalue weighted by atomic mass is 16.4. The van der Waals surface area contributed by atoms with Gasteiger partial charge in [-0.2, -0.15) is 0 Å². The number of nitrogens with one attached hydrogen (secondary N) is 1. The maximum atomic E-state index is 10.8. The van der Waals surface area contributed by atoms with Crippen molar-refractivity contribution in [1.29, 1.82) is 0 Å². The molecule has 98 valence electrons. The van der Waals surface area contributed by atoms with Crippen molar-refractivity contribution in [2.45, 2.75) is 19.9 Å². The molecule has 0 radical (unpaired) electrons. The van der Waals surface area contributed by atoms with Crippen LogP contribution in [0.4, 0.5) is 5.69 Å². The van der Waals surface area contributed by atoms with Crippen LogP contribution in [0.5, 0.6) is 0 Å². The van der Waals surface area contributed by atoms with Crippen molar-refractivity contribution in [2.24, 2.45) is 0 Å². The van der Waals surface area contributed by atoms with Gasteiger partial charge in [0, 0.05) is 12.2 Å². The van der Waals surface area contributed by atoms with Crippen molar-refractivity contribution in [3.8, 4) is 0 Å². The Bertz CT molecular complexity index is 578. The Morgan fingerprint density at radius 1 is 1.11 bits per heavy atom. The number of anilines is 1. The maximum Gasteiger partial charge on any atom is 0.307 e. The Labute approximate surface area is 112 Å². The van der Waals surface area contributed by atoms with E-state index in [0.717, 1.165) is 16.8 Å². The molecule has 0 aliphatic rings. The first-order valence-electron chi connectivity index (χ1n) is 6.24. The molecule has 0 fully saturated rings. The average Bonchev–Trinajstić information content (AvgIpc) is 2.37. The summed E-state index contributed by atoms with van der Waals surface area (Å²) in [5.41, 5.74) is 4.12. The number of rotatable bonds is 5. The largest absolute Gasteiger partial charge is 0.481 e. The Hall–Kier alpha value is -2.29. The lowest BCUT2D eigenvalue weighted by Crippen LogP contribution is -2.07. The van der Waals surface area contributed by atoms with Crippen molar-refractivity contribution in [3.05, 3.63) is 65.2 Å². The third-order valence-corrected chi connectivity index (χ3v) is 2.96. The summed E-state index contributed by atoms with van der Waals surface area (Å²) in [5.74, 6) is -0.803. The van der Waals surface area contributed by atoms with E-state index in [1.165, 1.54) is 5.56 Å². The van der Waals surface area contributed by atoms with Gasteiger partial charge in [0.2, 0.25) is 0 Å². The molecule has 0 amide bonds. The van der Waals surface area contributed by atoms with Gasteiger partial charge in [0.1, 0.15) is 0 Å². The molecule has 2 aromatic rings. The van der Waals surface area contributed by atoms with Gasteiger partial charge < -0.3 is 10.4 Å². The summed E-state index contributed by atoms with van der Waals surface area (Å²) < 4.78 is 0. The van der Waals surface area contributed by atoms with Gasteiger partial charge in [-0.05, 0) is 35.7 Å². The van der Waals surface area contributed by atoms with E-state index < -0.39 is 5.97 Å². The van der Waals surface area contributed by atoms with Gasteiger partial charge in [-0.15, -0.1) is 0 Å². The van der Waals surface area contributed by atoms with Crippen molar-refractivity contribution < 1.29 is 9.90 Å². The van der Waals surface area contributed by atoms with Crippen LogP contribution in [0.1, 0.15) is 16.7 Å². The van der Waals surface area contributed by atoms with Crippen LogP contribution in [0.3, 0.4) is 0 Å². The Morgan fingerprint density at radius 2 is 1.84 bits per heavy atom. The molecule has 0 aliphatic carbocycles. The molecule has 3 nitrogen and oxygen atoms in total. The molecule has 0 saturated heterocycles. The summed E-state index contributed by atoms with van der Waals surface area (Å²) in [6.45, 7) is 2.68. The van der Waals surface area contributed by atoms with Crippen LogP contribution < -0.4 is 5.32 Å². The van der Waals surface area contributed by atoms with E-state index in [2.05, 4.69) is 11.4 Å². The van der Waals surface area contributed by atoms with Crippen LogP contribution in [0.25, 0.3) is 0 Å². The molecule has 0 saturated carbocycles. The van der Waals surface area contributed by atoms with Crippen LogP contribution in [-0.4, -0.2) is 11.1 Å². The molecule has 0 atom stereocenters. The van der Waals surface area contributed by atoms with Gasteiger partial charge in [-0.25, -0.2) is 0 Å².